The van der Waals surface area contributed by atoms with E-state index in [0.717, 1.165) is 6.42 Å². The summed E-state index contributed by atoms with van der Waals surface area (Å²) in [5.41, 5.74) is 7.50. The summed E-state index contributed by atoms with van der Waals surface area (Å²) in [5, 5.41) is 2.52. The molecule has 0 aliphatic heterocycles. The standard InChI is InChI=1S/C13H13N/c1-10(14)8-11-6-7-12-4-2-3-5-13(12)9-11/h2-7,9H,1,8,14H2. The number of fused-ring (bicyclic) bond motifs is 1. The highest BCUT2D eigenvalue weighted by Crippen LogP contribution is 2.16. The predicted octanol–water partition coefficient (Wildman–Crippen LogP) is 2.85. The first-order valence-electron chi connectivity index (χ1n) is 4.66. The fourth-order valence-corrected chi connectivity index (χ4v) is 1.61. The van der Waals surface area contributed by atoms with E-state index in [0.29, 0.717) is 5.70 Å². The normalized spacial score (nSPS) is 10.3. The first-order chi connectivity index (χ1) is 6.75. The maximum atomic E-state index is 5.57. The van der Waals surface area contributed by atoms with Gasteiger partial charge in [-0.05, 0) is 16.3 Å². The average molecular weight is 183 g/mol. The third kappa shape index (κ3) is 1.77. The van der Waals surface area contributed by atoms with E-state index in [-0.39, 0.29) is 0 Å². The summed E-state index contributed by atoms with van der Waals surface area (Å²) >= 11 is 0. The second-order valence-electron chi connectivity index (χ2n) is 3.52. The van der Waals surface area contributed by atoms with Crippen LogP contribution in [0.2, 0.25) is 0 Å². The van der Waals surface area contributed by atoms with Gasteiger partial charge in [-0.25, -0.2) is 0 Å². The van der Waals surface area contributed by atoms with Crippen LogP contribution in [0.25, 0.3) is 10.8 Å². The van der Waals surface area contributed by atoms with Crippen molar-refractivity contribution in [2.45, 2.75) is 6.42 Å². The highest BCUT2D eigenvalue weighted by Gasteiger charge is 1.96. The van der Waals surface area contributed by atoms with Crippen LogP contribution in [-0.4, -0.2) is 0 Å². The van der Waals surface area contributed by atoms with Crippen molar-refractivity contribution in [2.24, 2.45) is 5.73 Å². The molecule has 1 nitrogen and oxygen atoms in total. The van der Waals surface area contributed by atoms with E-state index in [1.54, 1.807) is 0 Å². The van der Waals surface area contributed by atoms with Gasteiger partial charge in [-0.15, -0.1) is 0 Å². The second-order valence-corrected chi connectivity index (χ2v) is 3.52. The molecule has 0 saturated heterocycles. The molecule has 0 saturated carbocycles. The van der Waals surface area contributed by atoms with E-state index in [1.807, 2.05) is 12.1 Å². The zero-order valence-electron chi connectivity index (χ0n) is 8.03. The minimum Gasteiger partial charge on any atom is -0.402 e. The average Bonchev–Trinajstić information content (AvgIpc) is 2.17. The highest BCUT2D eigenvalue weighted by molar-refractivity contribution is 5.83. The number of hydrogen-bond donors (Lipinski definition) is 1. The van der Waals surface area contributed by atoms with Gasteiger partial charge in [0.25, 0.3) is 0 Å². The quantitative estimate of drug-likeness (QED) is 0.761. The molecule has 0 amide bonds. The monoisotopic (exact) mass is 183 g/mol. The van der Waals surface area contributed by atoms with Crippen molar-refractivity contribution >= 4 is 10.8 Å². The van der Waals surface area contributed by atoms with Crippen LogP contribution in [0, 0.1) is 0 Å². The third-order valence-corrected chi connectivity index (χ3v) is 2.25. The van der Waals surface area contributed by atoms with Crippen molar-refractivity contribution in [1.82, 2.24) is 0 Å². The predicted molar refractivity (Wildman–Crippen MR) is 61.0 cm³/mol. The molecule has 70 valence electrons. The van der Waals surface area contributed by atoms with Crippen LogP contribution in [0.5, 0.6) is 0 Å². The molecule has 2 aromatic rings. The first-order valence-corrected chi connectivity index (χ1v) is 4.66. The second kappa shape index (κ2) is 3.54. The van der Waals surface area contributed by atoms with Crippen LogP contribution in [0.1, 0.15) is 5.56 Å². The van der Waals surface area contributed by atoms with Crippen molar-refractivity contribution in [2.75, 3.05) is 0 Å². The Kier molecular flexibility index (Phi) is 2.23. The van der Waals surface area contributed by atoms with Gasteiger partial charge in [0.05, 0.1) is 0 Å². The van der Waals surface area contributed by atoms with Crippen LogP contribution >= 0.6 is 0 Å². The molecule has 0 spiro atoms. The van der Waals surface area contributed by atoms with Gasteiger partial charge in [-0.3, -0.25) is 0 Å². The third-order valence-electron chi connectivity index (χ3n) is 2.25. The summed E-state index contributed by atoms with van der Waals surface area (Å²) in [6, 6.07) is 14.7. The molecule has 2 aromatic carbocycles. The van der Waals surface area contributed by atoms with Crippen molar-refractivity contribution in [3.8, 4) is 0 Å². The number of rotatable bonds is 2. The van der Waals surface area contributed by atoms with E-state index in [2.05, 4.69) is 36.9 Å². The Morgan fingerprint density at radius 2 is 1.79 bits per heavy atom. The van der Waals surface area contributed by atoms with Crippen LogP contribution in [0.15, 0.2) is 54.7 Å². The summed E-state index contributed by atoms with van der Waals surface area (Å²) in [4.78, 5) is 0. The van der Waals surface area contributed by atoms with E-state index in [4.69, 9.17) is 5.73 Å². The Hall–Kier alpha value is -1.76. The maximum absolute atomic E-state index is 5.57. The molecule has 14 heavy (non-hydrogen) atoms. The molecule has 0 atom stereocenters. The molecule has 2 N–H and O–H groups in total. The maximum Gasteiger partial charge on any atom is 0.0115 e. The van der Waals surface area contributed by atoms with Crippen molar-refractivity contribution < 1.29 is 0 Å². The largest absolute Gasteiger partial charge is 0.402 e. The smallest absolute Gasteiger partial charge is 0.0115 e. The van der Waals surface area contributed by atoms with Gasteiger partial charge in [0.2, 0.25) is 0 Å². The van der Waals surface area contributed by atoms with Gasteiger partial charge in [-0.1, -0.05) is 49.0 Å². The van der Waals surface area contributed by atoms with E-state index >= 15 is 0 Å². The Morgan fingerprint density at radius 3 is 2.50 bits per heavy atom. The number of hydrogen-bond acceptors (Lipinski definition) is 1. The lowest BCUT2D eigenvalue weighted by Crippen LogP contribution is -1.98. The lowest BCUT2D eigenvalue weighted by molar-refractivity contribution is 1.13. The first kappa shape index (κ1) is 8.82. The Morgan fingerprint density at radius 1 is 1.07 bits per heavy atom. The topological polar surface area (TPSA) is 26.0 Å². The molecule has 2 rings (SSSR count). The summed E-state index contributed by atoms with van der Waals surface area (Å²) in [5.74, 6) is 0. The zero-order chi connectivity index (χ0) is 9.97. The molecule has 0 bridgehead atoms. The Bertz CT molecular complexity index is 471. The number of benzene rings is 2. The molecular formula is C13H13N. The molecule has 0 aromatic heterocycles. The Balaban J connectivity index is 2.46. The highest BCUT2D eigenvalue weighted by atomic mass is 14.6. The SMILES string of the molecule is C=C(N)Cc1ccc2ccccc2c1. The lowest BCUT2D eigenvalue weighted by Gasteiger charge is -2.02. The summed E-state index contributed by atoms with van der Waals surface area (Å²) in [6.45, 7) is 3.71. The van der Waals surface area contributed by atoms with Gasteiger partial charge < -0.3 is 5.73 Å². The number of allylic oxidation sites excluding steroid dienone is 1. The van der Waals surface area contributed by atoms with Gasteiger partial charge in [0.1, 0.15) is 0 Å². The van der Waals surface area contributed by atoms with Gasteiger partial charge in [-0.2, -0.15) is 0 Å². The molecular weight excluding hydrogens is 170 g/mol. The van der Waals surface area contributed by atoms with Crippen molar-refractivity contribution in [1.29, 1.82) is 0 Å². The summed E-state index contributed by atoms with van der Waals surface area (Å²) < 4.78 is 0. The molecule has 0 aliphatic carbocycles. The summed E-state index contributed by atoms with van der Waals surface area (Å²) in [6.07, 6.45) is 0.755. The molecule has 0 heterocycles. The molecule has 0 fully saturated rings. The minimum atomic E-state index is 0.709. The molecule has 0 radical (unpaired) electrons. The van der Waals surface area contributed by atoms with Gasteiger partial charge in [0, 0.05) is 12.1 Å². The van der Waals surface area contributed by atoms with E-state index in [9.17, 15) is 0 Å². The molecule has 0 aliphatic rings. The van der Waals surface area contributed by atoms with Gasteiger partial charge >= 0.3 is 0 Å². The van der Waals surface area contributed by atoms with Crippen molar-refractivity contribution in [3.05, 3.63) is 60.3 Å². The fourth-order valence-electron chi connectivity index (χ4n) is 1.61. The van der Waals surface area contributed by atoms with Crippen LogP contribution in [0.3, 0.4) is 0 Å². The molecule has 1 heteroatoms. The zero-order valence-corrected chi connectivity index (χ0v) is 8.03. The van der Waals surface area contributed by atoms with E-state index in [1.165, 1.54) is 16.3 Å². The van der Waals surface area contributed by atoms with E-state index < -0.39 is 0 Å². The Labute approximate surface area is 83.9 Å². The number of nitrogens with two attached hydrogens (primary N) is 1. The molecule has 0 unspecified atom stereocenters. The van der Waals surface area contributed by atoms with Crippen molar-refractivity contribution in [3.63, 3.8) is 0 Å². The fraction of sp³-hybridized carbons (Fsp3) is 0.0769. The minimum absolute atomic E-state index is 0.709. The lowest BCUT2D eigenvalue weighted by atomic mass is 10.0. The van der Waals surface area contributed by atoms with Crippen LogP contribution in [-0.2, 0) is 6.42 Å². The van der Waals surface area contributed by atoms with Crippen LogP contribution in [0.4, 0.5) is 0 Å². The summed E-state index contributed by atoms with van der Waals surface area (Å²) in [7, 11) is 0. The van der Waals surface area contributed by atoms with Gasteiger partial charge in [0.15, 0.2) is 0 Å². The van der Waals surface area contributed by atoms with Crippen LogP contribution < -0.4 is 5.73 Å².